The van der Waals surface area contributed by atoms with Crippen LogP contribution < -0.4 is 14.4 Å². The summed E-state index contributed by atoms with van der Waals surface area (Å²) in [6.07, 6.45) is 2.51. The van der Waals surface area contributed by atoms with Crippen molar-refractivity contribution in [3.8, 4) is 5.75 Å². The largest absolute Gasteiger partial charge is 0.476 e. The van der Waals surface area contributed by atoms with Crippen molar-refractivity contribution in [3.05, 3.63) is 41.6 Å². The van der Waals surface area contributed by atoms with Gasteiger partial charge in [-0.1, -0.05) is 11.6 Å². The Kier molecular flexibility index (Phi) is 4.12. The molecule has 132 valence electrons. The average molecular weight is 382 g/mol. The third-order valence-electron chi connectivity index (χ3n) is 3.53. The fraction of sp³-hybridized carbons (Fsp3) is 0.250. The van der Waals surface area contributed by atoms with Crippen LogP contribution in [-0.2, 0) is 14.8 Å². The summed E-state index contributed by atoms with van der Waals surface area (Å²) in [6, 6.07) is 7.96. The molecule has 0 spiro atoms. The molecule has 0 radical (unpaired) electrons. The molecule has 1 aromatic heterocycles. The van der Waals surface area contributed by atoms with Crippen LogP contribution in [0.5, 0.6) is 5.75 Å². The van der Waals surface area contributed by atoms with Gasteiger partial charge in [-0.3, -0.25) is 14.4 Å². The highest BCUT2D eigenvalue weighted by molar-refractivity contribution is 7.92. The van der Waals surface area contributed by atoms with Crippen LogP contribution in [-0.4, -0.2) is 31.2 Å². The standard InChI is InChI=1S/C16H16ClN3O4S/c1-16(2)15(21)20(14-7-4-10(17)9-18-14)12-6-5-11(8-13(12)24-16)19-25(3,22)23/h4-9,19H,1-3H3. The highest BCUT2D eigenvalue weighted by Gasteiger charge is 2.42. The molecule has 1 N–H and O–H groups in total. The molecule has 1 amide bonds. The lowest BCUT2D eigenvalue weighted by Gasteiger charge is -2.38. The average Bonchev–Trinajstić information content (AvgIpc) is 2.48. The maximum absolute atomic E-state index is 12.8. The quantitative estimate of drug-likeness (QED) is 0.882. The number of sulfonamides is 1. The summed E-state index contributed by atoms with van der Waals surface area (Å²) >= 11 is 5.87. The summed E-state index contributed by atoms with van der Waals surface area (Å²) in [6.45, 7) is 3.27. The second-order valence-electron chi connectivity index (χ2n) is 6.14. The Morgan fingerprint density at radius 3 is 2.56 bits per heavy atom. The normalized spacial score (nSPS) is 16.2. The molecule has 3 rings (SSSR count). The zero-order valence-electron chi connectivity index (χ0n) is 13.8. The number of nitrogens with zero attached hydrogens (tertiary/aromatic N) is 2. The predicted molar refractivity (Wildman–Crippen MR) is 96.0 cm³/mol. The van der Waals surface area contributed by atoms with E-state index in [-0.39, 0.29) is 5.91 Å². The molecule has 2 heterocycles. The van der Waals surface area contributed by atoms with Crippen LogP contribution >= 0.6 is 11.6 Å². The van der Waals surface area contributed by atoms with Gasteiger partial charge in [0, 0.05) is 12.3 Å². The maximum atomic E-state index is 12.8. The first-order valence-corrected chi connectivity index (χ1v) is 9.61. The summed E-state index contributed by atoms with van der Waals surface area (Å²) in [5, 5.41) is 0.455. The Balaban J connectivity index is 2.11. The van der Waals surface area contributed by atoms with E-state index in [0.717, 1.165) is 6.26 Å². The molecule has 1 aliphatic heterocycles. The van der Waals surface area contributed by atoms with Gasteiger partial charge < -0.3 is 4.74 Å². The summed E-state index contributed by atoms with van der Waals surface area (Å²) in [7, 11) is -3.43. The summed E-state index contributed by atoms with van der Waals surface area (Å²) in [4.78, 5) is 18.5. The minimum absolute atomic E-state index is 0.293. The minimum Gasteiger partial charge on any atom is -0.476 e. The van der Waals surface area contributed by atoms with Gasteiger partial charge in [0.05, 0.1) is 22.7 Å². The van der Waals surface area contributed by atoms with Gasteiger partial charge in [0.1, 0.15) is 11.6 Å². The van der Waals surface area contributed by atoms with Gasteiger partial charge in [0.15, 0.2) is 5.60 Å². The fourth-order valence-corrected chi connectivity index (χ4v) is 3.15. The zero-order valence-corrected chi connectivity index (χ0v) is 15.4. The number of carbonyl (C=O) groups is 1. The Labute approximate surface area is 150 Å². The smallest absolute Gasteiger partial charge is 0.276 e. The molecule has 0 saturated heterocycles. The number of pyridine rings is 1. The lowest BCUT2D eigenvalue weighted by atomic mass is 10.0. The van der Waals surface area contributed by atoms with E-state index < -0.39 is 15.6 Å². The number of ether oxygens (including phenoxy) is 1. The van der Waals surface area contributed by atoms with E-state index in [1.807, 2.05) is 0 Å². The molecular formula is C16H16ClN3O4S. The number of carbonyl (C=O) groups excluding carboxylic acids is 1. The Morgan fingerprint density at radius 1 is 1.24 bits per heavy atom. The number of nitrogens with one attached hydrogen (secondary N) is 1. The van der Waals surface area contributed by atoms with Gasteiger partial charge in [0.2, 0.25) is 10.0 Å². The monoisotopic (exact) mass is 381 g/mol. The van der Waals surface area contributed by atoms with Crippen molar-refractivity contribution in [1.82, 2.24) is 4.98 Å². The number of anilines is 3. The number of benzene rings is 1. The molecule has 25 heavy (non-hydrogen) atoms. The first kappa shape index (κ1) is 17.5. The third kappa shape index (κ3) is 3.54. The highest BCUT2D eigenvalue weighted by Crippen LogP contribution is 2.42. The van der Waals surface area contributed by atoms with Gasteiger partial charge in [0.25, 0.3) is 5.91 Å². The van der Waals surface area contributed by atoms with Gasteiger partial charge >= 0.3 is 0 Å². The number of amides is 1. The van der Waals surface area contributed by atoms with Crippen molar-refractivity contribution in [2.24, 2.45) is 0 Å². The number of halogens is 1. The van der Waals surface area contributed by atoms with Crippen molar-refractivity contribution in [2.45, 2.75) is 19.4 Å². The Morgan fingerprint density at radius 2 is 1.96 bits per heavy atom. The number of hydrogen-bond donors (Lipinski definition) is 1. The summed E-state index contributed by atoms with van der Waals surface area (Å²) < 4.78 is 31.0. The van der Waals surface area contributed by atoms with E-state index in [1.165, 1.54) is 17.2 Å². The van der Waals surface area contributed by atoms with Gasteiger partial charge in [-0.05, 0) is 38.1 Å². The maximum Gasteiger partial charge on any atom is 0.276 e. The van der Waals surface area contributed by atoms with Crippen LogP contribution in [0.1, 0.15) is 13.8 Å². The lowest BCUT2D eigenvalue weighted by molar-refractivity contribution is -0.131. The van der Waals surface area contributed by atoms with Crippen molar-refractivity contribution in [1.29, 1.82) is 0 Å². The highest BCUT2D eigenvalue weighted by atomic mass is 35.5. The number of rotatable bonds is 3. The number of aromatic nitrogens is 1. The van der Waals surface area contributed by atoms with Crippen LogP contribution in [0.2, 0.25) is 5.02 Å². The van der Waals surface area contributed by atoms with E-state index in [4.69, 9.17) is 16.3 Å². The molecule has 9 heteroatoms. The van der Waals surface area contributed by atoms with Crippen LogP contribution in [0.3, 0.4) is 0 Å². The van der Waals surface area contributed by atoms with E-state index >= 15 is 0 Å². The molecule has 0 fully saturated rings. The molecule has 7 nitrogen and oxygen atoms in total. The van der Waals surface area contributed by atoms with E-state index in [0.29, 0.717) is 28.0 Å². The van der Waals surface area contributed by atoms with Crippen molar-refractivity contribution in [3.63, 3.8) is 0 Å². The number of hydrogen-bond acceptors (Lipinski definition) is 5. The molecule has 0 saturated carbocycles. The zero-order chi connectivity index (χ0) is 18.4. The van der Waals surface area contributed by atoms with E-state index in [9.17, 15) is 13.2 Å². The topological polar surface area (TPSA) is 88.6 Å². The van der Waals surface area contributed by atoms with Gasteiger partial charge in [-0.2, -0.15) is 0 Å². The van der Waals surface area contributed by atoms with Crippen LogP contribution in [0, 0.1) is 0 Å². The molecule has 2 aromatic rings. The molecule has 0 aliphatic carbocycles. The van der Waals surface area contributed by atoms with Crippen LogP contribution in [0.25, 0.3) is 0 Å². The lowest BCUT2D eigenvalue weighted by Crippen LogP contribution is -2.50. The minimum atomic E-state index is -3.43. The van der Waals surface area contributed by atoms with Crippen molar-refractivity contribution < 1.29 is 17.9 Å². The molecule has 1 aliphatic rings. The van der Waals surface area contributed by atoms with Gasteiger partial charge in [-0.15, -0.1) is 0 Å². The second kappa shape index (κ2) is 5.89. The van der Waals surface area contributed by atoms with Crippen molar-refractivity contribution >= 4 is 44.7 Å². The Hall–Kier alpha value is -2.32. The first-order chi connectivity index (χ1) is 11.6. The van der Waals surface area contributed by atoms with Gasteiger partial charge in [-0.25, -0.2) is 13.4 Å². The molecule has 1 aromatic carbocycles. The Bertz CT molecular complexity index is 942. The van der Waals surface area contributed by atoms with Crippen LogP contribution in [0.15, 0.2) is 36.5 Å². The number of fused-ring (bicyclic) bond motifs is 1. The fourth-order valence-electron chi connectivity index (χ4n) is 2.48. The predicted octanol–water partition coefficient (Wildman–Crippen LogP) is 2.94. The molecular weight excluding hydrogens is 366 g/mol. The molecule has 0 unspecified atom stereocenters. The summed E-state index contributed by atoms with van der Waals surface area (Å²) in [5.74, 6) is 0.476. The molecule has 0 bridgehead atoms. The SMILES string of the molecule is CC1(C)Oc2cc(NS(C)(=O)=O)ccc2N(c2ccc(Cl)cn2)C1=O. The van der Waals surface area contributed by atoms with E-state index in [1.54, 1.807) is 38.1 Å². The van der Waals surface area contributed by atoms with Crippen molar-refractivity contribution in [2.75, 3.05) is 15.9 Å². The summed E-state index contributed by atoms with van der Waals surface area (Å²) in [5.41, 5.74) is -0.327. The second-order valence-corrected chi connectivity index (χ2v) is 8.33. The molecule has 0 atom stereocenters. The third-order valence-corrected chi connectivity index (χ3v) is 4.36. The first-order valence-electron chi connectivity index (χ1n) is 7.34. The van der Waals surface area contributed by atoms with Crippen LogP contribution in [0.4, 0.5) is 17.2 Å². The van der Waals surface area contributed by atoms with E-state index in [2.05, 4.69) is 9.71 Å².